The van der Waals surface area contributed by atoms with E-state index >= 15 is 0 Å². The van der Waals surface area contributed by atoms with E-state index in [0.717, 1.165) is 0 Å². The lowest BCUT2D eigenvalue weighted by Gasteiger charge is -2.68. The summed E-state index contributed by atoms with van der Waals surface area (Å²) in [5.74, 6) is -3.02. The Kier molecular flexibility index (Phi) is 4.60. The molecule has 7 nitrogen and oxygen atoms in total. The second-order valence-electron chi connectivity index (χ2n) is 10.2. The normalized spacial score (nSPS) is 46.8. The van der Waals surface area contributed by atoms with Crippen molar-refractivity contribution in [2.45, 2.75) is 77.0 Å². The number of aliphatic hydroxyl groups excluding tert-OH is 1. The summed E-state index contributed by atoms with van der Waals surface area (Å²) in [4.78, 5) is 24.1. The Morgan fingerprint density at radius 3 is 2.57 bits per heavy atom. The van der Waals surface area contributed by atoms with Crippen molar-refractivity contribution in [1.82, 2.24) is 0 Å². The zero-order chi connectivity index (χ0) is 22.3. The predicted octanol–water partition coefficient (Wildman–Crippen LogP) is 2.26. The lowest BCUT2D eigenvalue weighted by Crippen LogP contribution is -2.74. The van der Waals surface area contributed by atoms with Crippen molar-refractivity contribution in [3.8, 4) is 0 Å². The number of hydrogen-bond acceptors (Lipinski definition) is 7. The lowest BCUT2D eigenvalue weighted by molar-refractivity contribution is -0.306. The van der Waals surface area contributed by atoms with Crippen molar-refractivity contribution in [2.75, 3.05) is 7.11 Å². The second kappa shape index (κ2) is 6.40. The van der Waals surface area contributed by atoms with Gasteiger partial charge in [-0.3, -0.25) is 4.79 Å². The van der Waals surface area contributed by atoms with Gasteiger partial charge in [0, 0.05) is 49.9 Å². The van der Waals surface area contributed by atoms with E-state index in [9.17, 15) is 19.8 Å². The highest BCUT2D eigenvalue weighted by atomic mass is 16.7. The SMILES string of the molecule is C=C1C2=CC(=O)OC2(OC)CC2C1C(O)CC1(O)C(C)(C)CCC(OC(C)=O)C21C. The first-order valence-corrected chi connectivity index (χ1v) is 10.6. The number of esters is 2. The molecule has 4 aliphatic rings. The van der Waals surface area contributed by atoms with Crippen LogP contribution in [-0.4, -0.2) is 52.9 Å². The van der Waals surface area contributed by atoms with Gasteiger partial charge in [0.15, 0.2) is 0 Å². The Balaban J connectivity index is 1.90. The minimum atomic E-state index is -1.31. The molecule has 3 saturated carbocycles. The Morgan fingerprint density at radius 1 is 1.30 bits per heavy atom. The van der Waals surface area contributed by atoms with Crippen LogP contribution in [0.2, 0.25) is 0 Å². The summed E-state index contributed by atoms with van der Waals surface area (Å²) in [5.41, 5.74) is -1.60. The molecule has 0 aromatic rings. The van der Waals surface area contributed by atoms with E-state index in [4.69, 9.17) is 14.2 Å². The number of carbonyl (C=O) groups excluding carboxylic acids is 2. The topological polar surface area (TPSA) is 102 Å². The maximum Gasteiger partial charge on any atom is 0.334 e. The van der Waals surface area contributed by atoms with E-state index in [1.165, 1.54) is 20.1 Å². The fourth-order valence-electron chi connectivity index (χ4n) is 6.97. The number of aliphatic hydroxyl groups is 2. The highest BCUT2D eigenvalue weighted by Gasteiger charge is 2.73. The van der Waals surface area contributed by atoms with Gasteiger partial charge < -0.3 is 24.4 Å². The predicted molar refractivity (Wildman–Crippen MR) is 107 cm³/mol. The van der Waals surface area contributed by atoms with E-state index in [0.29, 0.717) is 24.0 Å². The van der Waals surface area contributed by atoms with Gasteiger partial charge in [-0.15, -0.1) is 0 Å². The maximum absolute atomic E-state index is 12.2. The summed E-state index contributed by atoms with van der Waals surface area (Å²) < 4.78 is 17.1. The van der Waals surface area contributed by atoms with Crippen LogP contribution in [0.5, 0.6) is 0 Å². The number of hydrogen-bond donors (Lipinski definition) is 2. The van der Waals surface area contributed by atoms with Crippen LogP contribution in [0.4, 0.5) is 0 Å². The first-order chi connectivity index (χ1) is 13.8. The third-order valence-corrected chi connectivity index (χ3v) is 8.65. The molecule has 1 heterocycles. The maximum atomic E-state index is 12.2. The molecule has 4 rings (SSSR count). The van der Waals surface area contributed by atoms with Crippen LogP contribution >= 0.6 is 0 Å². The molecule has 1 aliphatic heterocycles. The van der Waals surface area contributed by atoms with Crippen LogP contribution in [-0.2, 0) is 23.8 Å². The number of ether oxygens (including phenoxy) is 3. The standard InChI is InChI=1S/C23H32O7/c1-12-14-9-18(26)30-22(14,28-6)10-15-19(12)16(25)11-23(27)20(3,4)8-7-17(21(15,23)5)29-13(2)24/h9,15-17,19,25,27H,1,7-8,10-11H2,2-6H3. The van der Waals surface area contributed by atoms with Crippen molar-refractivity contribution in [3.63, 3.8) is 0 Å². The average Bonchev–Trinajstić information content (AvgIpc) is 2.99. The smallest absolute Gasteiger partial charge is 0.334 e. The molecule has 0 amide bonds. The zero-order valence-corrected chi connectivity index (χ0v) is 18.4. The monoisotopic (exact) mass is 420 g/mol. The summed E-state index contributed by atoms with van der Waals surface area (Å²) >= 11 is 0. The highest BCUT2D eigenvalue weighted by molar-refractivity contribution is 5.88. The lowest BCUT2D eigenvalue weighted by atomic mass is 9.40. The molecule has 2 N–H and O–H groups in total. The van der Waals surface area contributed by atoms with Gasteiger partial charge in [0.05, 0.1) is 11.7 Å². The number of methoxy groups -OCH3 is 1. The third kappa shape index (κ3) is 2.49. The van der Waals surface area contributed by atoms with E-state index in [-0.39, 0.29) is 18.8 Å². The van der Waals surface area contributed by atoms with Crippen LogP contribution in [0.1, 0.15) is 53.4 Å². The van der Waals surface area contributed by atoms with E-state index in [2.05, 4.69) is 6.58 Å². The molecule has 0 aromatic carbocycles. The summed E-state index contributed by atoms with van der Waals surface area (Å²) in [6, 6.07) is 0. The van der Waals surface area contributed by atoms with E-state index < -0.39 is 52.3 Å². The minimum Gasteiger partial charge on any atom is -0.462 e. The van der Waals surface area contributed by atoms with Gasteiger partial charge in [0.2, 0.25) is 5.79 Å². The highest BCUT2D eigenvalue weighted by Crippen LogP contribution is 2.68. The molecule has 3 fully saturated rings. The third-order valence-electron chi connectivity index (χ3n) is 8.65. The Labute approximate surface area is 177 Å². The molecule has 30 heavy (non-hydrogen) atoms. The molecule has 166 valence electrons. The molecule has 0 radical (unpaired) electrons. The molecular weight excluding hydrogens is 388 g/mol. The van der Waals surface area contributed by atoms with Crippen LogP contribution in [0.15, 0.2) is 23.8 Å². The fourth-order valence-corrected chi connectivity index (χ4v) is 6.97. The van der Waals surface area contributed by atoms with Crippen molar-refractivity contribution < 1.29 is 34.0 Å². The second-order valence-corrected chi connectivity index (χ2v) is 10.2. The largest absolute Gasteiger partial charge is 0.462 e. The van der Waals surface area contributed by atoms with Crippen molar-refractivity contribution in [3.05, 3.63) is 23.8 Å². The molecule has 0 bridgehead atoms. The minimum absolute atomic E-state index is 0.135. The van der Waals surface area contributed by atoms with Gasteiger partial charge in [-0.1, -0.05) is 27.4 Å². The summed E-state index contributed by atoms with van der Waals surface area (Å²) in [5, 5.41) is 23.4. The average molecular weight is 421 g/mol. The van der Waals surface area contributed by atoms with Crippen LogP contribution in [0.3, 0.4) is 0 Å². The van der Waals surface area contributed by atoms with Crippen molar-refractivity contribution in [2.24, 2.45) is 22.7 Å². The van der Waals surface area contributed by atoms with Gasteiger partial charge in [0.25, 0.3) is 0 Å². The summed E-state index contributed by atoms with van der Waals surface area (Å²) in [6.45, 7) is 11.5. The first-order valence-electron chi connectivity index (χ1n) is 10.6. The van der Waals surface area contributed by atoms with Gasteiger partial charge in [0.1, 0.15) is 6.10 Å². The van der Waals surface area contributed by atoms with Crippen LogP contribution in [0, 0.1) is 22.7 Å². The molecule has 7 unspecified atom stereocenters. The van der Waals surface area contributed by atoms with Gasteiger partial charge in [-0.25, -0.2) is 4.79 Å². The number of carbonyl (C=O) groups is 2. The molecule has 0 spiro atoms. The summed E-state index contributed by atoms with van der Waals surface area (Å²) in [6.07, 6.45) is 1.61. The molecule has 7 atom stereocenters. The van der Waals surface area contributed by atoms with Crippen LogP contribution in [0.25, 0.3) is 0 Å². The van der Waals surface area contributed by atoms with E-state index in [1.807, 2.05) is 20.8 Å². The first kappa shape index (κ1) is 21.5. The van der Waals surface area contributed by atoms with Gasteiger partial charge >= 0.3 is 11.9 Å². The van der Waals surface area contributed by atoms with Crippen molar-refractivity contribution >= 4 is 11.9 Å². The molecule has 7 heteroatoms. The Hall–Kier alpha value is -1.70. The Bertz CT molecular complexity index is 844. The fraction of sp³-hybridized carbons (Fsp3) is 0.739. The zero-order valence-electron chi connectivity index (χ0n) is 18.4. The van der Waals surface area contributed by atoms with Gasteiger partial charge in [-0.2, -0.15) is 0 Å². The number of fused-ring (bicyclic) bond motifs is 4. The quantitative estimate of drug-likeness (QED) is 0.661. The molecular formula is C23H32O7. The molecule has 0 aromatic heterocycles. The molecule has 0 saturated heterocycles. The van der Waals surface area contributed by atoms with Gasteiger partial charge in [-0.05, 0) is 29.7 Å². The Morgan fingerprint density at radius 2 is 1.97 bits per heavy atom. The number of rotatable bonds is 2. The van der Waals surface area contributed by atoms with Crippen molar-refractivity contribution in [1.29, 1.82) is 0 Å². The van der Waals surface area contributed by atoms with Crippen LogP contribution < -0.4 is 0 Å². The summed E-state index contributed by atoms with van der Waals surface area (Å²) in [7, 11) is 1.47. The molecule has 3 aliphatic carbocycles. The van der Waals surface area contributed by atoms with E-state index in [1.54, 1.807) is 0 Å².